The Morgan fingerprint density at radius 1 is 1.31 bits per heavy atom. The number of benzene rings is 2. The van der Waals surface area contributed by atoms with Crippen molar-refractivity contribution in [1.82, 2.24) is 20.6 Å². The summed E-state index contributed by atoms with van der Waals surface area (Å²) in [5, 5.41) is 13.3. The Morgan fingerprint density at radius 3 is 2.97 bits per heavy atom. The van der Waals surface area contributed by atoms with E-state index >= 15 is 0 Å². The number of hydrogen-bond donors (Lipinski definition) is 3. The van der Waals surface area contributed by atoms with Gasteiger partial charge in [0.1, 0.15) is 12.8 Å². The predicted molar refractivity (Wildman–Crippen MR) is 110 cm³/mol. The molecule has 10 heteroatoms. The van der Waals surface area contributed by atoms with Crippen molar-refractivity contribution in [1.29, 1.82) is 0 Å². The number of guanidine groups is 1. The number of nitrogens with one attached hydrogen (secondary N) is 3. The van der Waals surface area contributed by atoms with Crippen LogP contribution in [0.25, 0.3) is 10.9 Å². The Labute approximate surface area is 171 Å². The summed E-state index contributed by atoms with van der Waals surface area (Å²) in [5.74, 6) is 1.64. The lowest BCUT2D eigenvalue weighted by molar-refractivity contribution is -0.109. The molecule has 2 aromatic carbocycles. The van der Waals surface area contributed by atoms with Crippen molar-refractivity contribution in [2.75, 3.05) is 26.1 Å². The molecule has 4 rings (SSSR count). The first kappa shape index (κ1) is 19.0. The highest BCUT2D eigenvalue weighted by atomic mass is 35.5. The molecule has 0 saturated heterocycles. The van der Waals surface area contributed by atoms with Gasteiger partial charge in [-0.3, -0.25) is 14.9 Å². The zero-order chi connectivity index (χ0) is 20.4. The summed E-state index contributed by atoms with van der Waals surface area (Å²) in [7, 11) is 3.40. The molecule has 3 aromatic rings. The van der Waals surface area contributed by atoms with Crippen LogP contribution in [0.5, 0.6) is 11.5 Å². The number of fused-ring (bicyclic) bond motifs is 1. The predicted octanol–water partition coefficient (Wildman–Crippen LogP) is 2.72. The summed E-state index contributed by atoms with van der Waals surface area (Å²) >= 11 is 6.49. The molecule has 2 heterocycles. The van der Waals surface area contributed by atoms with Gasteiger partial charge in [0.05, 0.1) is 29.5 Å². The van der Waals surface area contributed by atoms with Gasteiger partial charge in [-0.2, -0.15) is 5.10 Å². The highest BCUT2D eigenvalue weighted by molar-refractivity contribution is 6.38. The number of nitrogens with zero attached hydrogens (tertiary/aromatic N) is 3. The van der Waals surface area contributed by atoms with Crippen molar-refractivity contribution in [3.05, 3.63) is 47.1 Å². The molecular formula is C19H19ClN6O3. The number of halogens is 1. The molecule has 1 unspecified atom stereocenters. The number of aromatic amines is 1. The third-order valence-electron chi connectivity index (χ3n) is 4.50. The average Bonchev–Trinajstić information content (AvgIpc) is 3.35. The summed E-state index contributed by atoms with van der Waals surface area (Å²) in [5.41, 5.74) is 5.72. The van der Waals surface area contributed by atoms with Gasteiger partial charge in [-0.05, 0) is 29.8 Å². The van der Waals surface area contributed by atoms with Crippen LogP contribution in [0.15, 0.2) is 41.5 Å². The molecule has 0 radical (unpaired) electrons. The monoisotopic (exact) mass is 414 g/mol. The molecule has 0 amide bonds. The van der Waals surface area contributed by atoms with Gasteiger partial charge in [-0.1, -0.05) is 17.7 Å². The van der Waals surface area contributed by atoms with Crippen molar-refractivity contribution in [2.45, 2.75) is 6.17 Å². The van der Waals surface area contributed by atoms with E-state index in [0.29, 0.717) is 28.8 Å². The standard InChI is InChI=1S/C19H19ClN6O3/c1-26-19(22-14-5-4-13-12(17(14)20)10-21-24-13)23-18(25-26)11-3-6-15(29-8-7-27)16(9-11)28-2/h3-7,9-10,18,25H,8H2,1-2H3,(H,21,24)(H,22,23). The van der Waals surface area contributed by atoms with E-state index in [4.69, 9.17) is 26.1 Å². The van der Waals surface area contributed by atoms with Crippen molar-refractivity contribution < 1.29 is 14.3 Å². The van der Waals surface area contributed by atoms with Gasteiger partial charge in [0.15, 0.2) is 17.8 Å². The number of carbonyl (C=O) groups excluding carboxylic acids is 1. The fourth-order valence-corrected chi connectivity index (χ4v) is 3.31. The van der Waals surface area contributed by atoms with Gasteiger partial charge in [0, 0.05) is 12.4 Å². The maximum Gasteiger partial charge on any atom is 0.215 e. The lowest BCUT2D eigenvalue weighted by Crippen LogP contribution is -2.37. The number of methoxy groups -OCH3 is 1. The number of hydrogen-bond acceptors (Lipinski definition) is 8. The van der Waals surface area contributed by atoms with Gasteiger partial charge in [0.2, 0.25) is 5.96 Å². The van der Waals surface area contributed by atoms with Crippen molar-refractivity contribution in [3.63, 3.8) is 0 Å². The Morgan fingerprint density at radius 2 is 2.17 bits per heavy atom. The Kier molecular flexibility index (Phi) is 5.24. The molecule has 29 heavy (non-hydrogen) atoms. The topological polar surface area (TPSA) is 104 Å². The lowest BCUT2D eigenvalue weighted by Gasteiger charge is -2.18. The van der Waals surface area contributed by atoms with E-state index in [1.165, 1.54) is 0 Å². The summed E-state index contributed by atoms with van der Waals surface area (Å²) in [4.78, 5) is 15.2. The van der Waals surface area contributed by atoms with Gasteiger partial charge >= 0.3 is 0 Å². The van der Waals surface area contributed by atoms with Crippen LogP contribution in [-0.4, -0.2) is 48.2 Å². The SMILES string of the molecule is COc1cc(C2N=C(Nc3ccc4[nH]ncc4c3Cl)N(C)N2)ccc1OCC=O. The van der Waals surface area contributed by atoms with Crippen LogP contribution in [0.1, 0.15) is 11.7 Å². The Bertz CT molecular complexity index is 1080. The second-order valence-corrected chi connectivity index (χ2v) is 6.69. The minimum Gasteiger partial charge on any atom is -0.493 e. The molecule has 0 saturated carbocycles. The molecule has 0 fully saturated rings. The molecule has 3 N–H and O–H groups in total. The highest BCUT2D eigenvalue weighted by Gasteiger charge is 2.25. The van der Waals surface area contributed by atoms with Gasteiger partial charge in [-0.15, -0.1) is 0 Å². The molecule has 1 aliphatic rings. The second kappa shape index (κ2) is 7.98. The quantitative estimate of drug-likeness (QED) is 0.533. The van der Waals surface area contributed by atoms with Crippen LogP contribution in [0.2, 0.25) is 5.02 Å². The first-order chi connectivity index (χ1) is 14.1. The zero-order valence-corrected chi connectivity index (χ0v) is 16.5. The van der Waals surface area contributed by atoms with Crippen LogP contribution in [0.4, 0.5) is 5.69 Å². The number of anilines is 1. The summed E-state index contributed by atoms with van der Waals surface area (Å²) in [6, 6.07) is 9.21. The number of rotatable bonds is 6. The molecule has 0 bridgehead atoms. The van der Waals surface area contributed by atoms with Gasteiger partial charge in [-0.25, -0.2) is 10.4 Å². The second-order valence-electron chi connectivity index (χ2n) is 6.31. The lowest BCUT2D eigenvalue weighted by atomic mass is 10.1. The summed E-state index contributed by atoms with van der Waals surface area (Å²) in [6.45, 7) is -0.0336. The van der Waals surface area contributed by atoms with Gasteiger partial charge < -0.3 is 14.8 Å². The molecule has 0 aliphatic carbocycles. The van der Waals surface area contributed by atoms with Crippen LogP contribution in [-0.2, 0) is 4.79 Å². The summed E-state index contributed by atoms with van der Waals surface area (Å²) in [6.07, 6.45) is 2.05. The minimum absolute atomic E-state index is 0.0336. The van der Waals surface area contributed by atoms with Crippen LogP contribution < -0.4 is 20.2 Å². The van der Waals surface area contributed by atoms with E-state index in [-0.39, 0.29) is 12.8 Å². The number of aliphatic imine (C=N–C) groups is 1. The minimum atomic E-state index is -0.326. The normalized spacial score (nSPS) is 16.0. The number of H-pyrrole nitrogens is 1. The van der Waals surface area contributed by atoms with Crippen molar-refractivity contribution >= 4 is 40.4 Å². The van der Waals surface area contributed by atoms with Crippen LogP contribution in [0, 0.1) is 0 Å². The number of aldehydes is 1. The average molecular weight is 415 g/mol. The third-order valence-corrected chi connectivity index (χ3v) is 4.91. The first-order valence-electron chi connectivity index (χ1n) is 8.81. The van der Waals surface area contributed by atoms with Crippen molar-refractivity contribution in [2.24, 2.45) is 4.99 Å². The fourth-order valence-electron chi connectivity index (χ4n) is 3.04. The van der Waals surface area contributed by atoms with E-state index in [0.717, 1.165) is 22.2 Å². The molecule has 1 aromatic heterocycles. The Balaban J connectivity index is 1.57. The smallest absolute Gasteiger partial charge is 0.215 e. The first-order valence-corrected chi connectivity index (χ1v) is 9.19. The van der Waals surface area contributed by atoms with Crippen molar-refractivity contribution in [3.8, 4) is 11.5 Å². The van der Waals surface area contributed by atoms with Crippen LogP contribution >= 0.6 is 11.6 Å². The molecule has 1 aliphatic heterocycles. The fraction of sp³-hybridized carbons (Fsp3) is 0.211. The molecule has 150 valence electrons. The number of ether oxygens (including phenoxy) is 2. The van der Waals surface area contributed by atoms with E-state index < -0.39 is 0 Å². The molecular weight excluding hydrogens is 396 g/mol. The largest absolute Gasteiger partial charge is 0.493 e. The number of hydrazine groups is 1. The van der Waals surface area contributed by atoms with E-state index in [9.17, 15) is 4.79 Å². The van der Waals surface area contributed by atoms with Crippen LogP contribution in [0.3, 0.4) is 0 Å². The van der Waals surface area contributed by atoms with E-state index in [2.05, 4.69) is 20.9 Å². The van der Waals surface area contributed by atoms with Gasteiger partial charge in [0.25, 0.3) is 0 Å². The van der Waals surface area contributed by atoms with E-state index in [1.54, 1.807) is 24.4 Å². The van der Waals surface area contributed by atoms with E-state index in [1.807, 2.05) is 31.3 Å². The maximum absolute atomic E-state index is 10.5. The zero-order valence-electron chi connectivity index (χ0n) is 15.8. The molecule has 1 atom stereocenters. The molecule has 0 spiro atoms. The number of carbonyl (C=O) groups is 1. The summed E-state index contributed by atoms with van der Waals surface area (Å²) < 4.78 is 10.7. The maximum atomic E-state index is 10.5. The highest BCUT2D eigenvalue weighted by Crippen LogP contribution is 2.33. The third kappa shape index (κ3) is 3.69. The Hall–Kier alpha value is -3.30. The molecule has 9 nitrogen and oxygen atoms in total. The number of aromatic nitrogens is 2.